The normalized spacial score (nSPS) is 15.2. The number of thiophene rings is 1. The summed E-state index contributed by atoms with van der Waals surface area (Å²) in [4.78, 5) is 31.3. The maximum absolute atomic E-state index is 13.0. The SMILES string of the molecule is Cc1cc2c(cc3c(=O)n(CC(=O)N4CCN(Cc5ccccc5)CC4)nc(C)n32)s1. The minimum absolute atomic E-state index is 0.0211. The van der Waals surface area contributed by atoms with Crippen molar-refractivity contribution in [3.63, 3.8) is 0 Å². The molecule has 8 heteroatoms. The third kappa shape index (κ3) is 3.77. The van der Waals surface area contributed by atoms with Crippen LogP contribution in [-0.2, 0) is 17.9 Å². The molecule has 1 aliphatic heterocycles. The Bertz CT molecular complexity index is 1310. The quantitative estimate of drug-likeness (QED) is 0.495. The predicted octanol–water partition coefficient (Wildman–Crippen LogP) is 2.67. The second kappa shape index (κ2) is 7.94. The number of hydrogen-bond donors (Lipinski definition) is 0. The lowest BCUT2D eigenvalue weighted by Crippen LogP contribution is -2.49. The smallest absolute Gasteiger partial charge is 0.291 e. The fourth-order valence-corrected chi connectivity index (χ4v) is 5.29. The number of aryl methyl sites for hydroxylation is 2. The fourth-order valence-electron chi connectivity index (χ4n) is 4.35. The molecular weight excluding hydrogens is 410 g/mol. The monoisotopic (exact) mass is 435 g/mol. The highest BCUT2D eigenvalue weighted by Gasteiger charge is 2.23. The molecule has 0 atom stereocenters. The molecule has 31 heavy (non-hydrogen) atoms. The summed E-state index contributed by atoms with van der Waals surface area (Å²) < 4.78 is 4.28. The molecule has 1 saturated heterocycles. The molecule has 0 N–H and O–H groups in total. The summed E-state index contributed by atoms with van der Waals surface area (Å²) in [6.07, 6.45) is 0. The Labute approximate surface area is 184 Å². The number of rotatable bonds is 4. The van der Waals surface area contributed by atoms with Crippen molar-refractivity contribution >= 4 is 33.0 Å². The number of nitrogens with zero attached hydrogens (tertiary/aromatic N) is 5. The van der Waals surface area contributed by atoms with Crippen LogP contribution in [0, 0.1) is 13.8 Å². The maximum atomic E-state index is 13.0. The highest BCUT2D eigenvalue weighted by Crippen LogP contribution is 2.27. The van der Waals surface area contributed by atoms with E-state index < -0.39 is 0 Å². The third-order valence-corrected chi connectivity index (χ3v) is 6.90. The number of carbonyl (C=O) groups excluding carboxylic acids is 1. The first kappa shape index (κ1) is 20.0. The van der Waals surface area contributed by atoms with Crippen molar-refractivity contribution in [2.75, 3.05) is 26.2 Å². The van der Waals surface area contributed by atoms with Crippen molar-refractivity contribution < 1.29 is 4.79 Å². The second-order valence-corrected chi connectivity index (χ2v) is 9.41. The Balaban J connectivity index is 1.29. The van der Waals surface area contributed by atoms with Gasteiger partial charge in [0.05, 0.1) is 10.2 Å². The molecule has 4 aromatic rings. The van der Waals surface area contributed by atoms with Crippen LogP contribution in [0.5, 0.6) is 0 Å². The molecule has 0 radical (unpaired) electrons. The first-order valence-electron chi connectivity index (χ1n) is 10.5. The summed E-state index contributed by atoms with van der Waals surface area (Å²) in [6, 6.07) is 14.4. The Kier molecular flexibility index (Phi) is 5.11. The van der Waals surface area contributed by atoms with E-state index in [0.717, 1.165) is 29.9 Å². The number of piperazine rings is 1. The molecular formula is C23H25N5O2S. The predicted molar refractivity (Wildman–Crippen MR) is 123 cm³/mol. The Morgan fingerprint density at radius 3 is 2.52 bits per heavy atom. The molecule has 1 amide bonds. The van der Waals surface area contributed by atoms with Crippen LogP contribution in [-0.4, -0.2) is 56.1 Å². The zero-order valence-electron chi connectivity index (χ0n) is 17.7. The Morgan fingerprint density at radius 2 is 1.77 bits per heavy atom. The molecule has 0 saturated carbocycles. The number of hydrogen-bond acceptors (Lipinski definition) is 5. The standard InChI is InChI=1S/C23H25N5O2S/c1-16-12-19-21(31-16)13-20-23(30)27(24-17(2)28(19)20)15-22(29)26-10-8-25(9-11-26)14-18-6-4-3-5-7-18/h3-7,12-13H,8-11,14-15H2,1-2H3. The average Bonchev–Trinajstić information content (AvgIpc) is 3.29. The van der Waals surface area contributed by atoms with Crippen LogP contribution >= 0.6 is 11.3 Å². The van der Waals surface area contributed by atoms with Crippen LogP contribution < -0.4 is 5.56 Å². The van der Waals surface area contributed by atoms with E-state index >= 15 is 0 Å². The number of aromatic nitrogens is 3. The second-order valence-electron chi connectivity index (χ2n) is 8.12. The molecule has 0 bridgehead atoms. The van der Waals surface area contributed by atoms with Gasteiger partial charge in [0.1, 0.15) is 17.9 Å². The largest absolute Gasteiger partial charge is 0.339 e. The van der Waals surface area contributed by atoms with Crippen molar-refractivity contribution in [1.82, 2.24) is 24.0 Å². The molecule has 1 aliphatic rings. The molecule has 1 fully saturated rings. The van der Waals surface area contributed by atoms with Gasteiger partial charge in [-0.15, -0.1) is 11.3 Å². The Morgan fingerprint density at radius 1 is 1.03 bits per heavy atom. The van der Waals surface area contributed by atoms with E-state index in [2.05, 4.69) is 47.3 Å². The summed E-state index contributed by atoms with van der Waals surface area (Å²) in [6.45, 7) is 7.80. The molecule has 160 valence electrons. The molecule has 1 aromatic carbocycles. The fraction of sp³-hybridized carbons (Fsp3) is 0.348. The van der Waals surface area contributed by atoms with Gasteiger partial charge in [-0.25, -0.2) is 4.68 Å². The summed E-state index contributed by atoms with van der Waals surface area (Å²) in [5.74, 6) is 0.657. The Hall–Kier alpha value is -2.97. The molecule has 4 heterocycles. The van der Waals surface area contributed by atoms with Gasteiger partial charge in [0, 0.05) is 37.6 Å². The lowest BCUT2D eigenvalue weighted by Gasteiger charge is -2.34. The minimum Gasteiger partial charge on any atom is -0.339 e. The van der Waals surface area contributed by atoms with Gasteiger partial charge < -0.3 is 4.90 Å². The highest BCUT2D eigenvalue weighted by atomic mass is 32.1. The first-order chi connectivity index (χ1) is 15.0. The molecule has 5 rings (SSSR count). The van der Waals surface area contributed by atoms with E-state index in [0.29, 0.717) is 24.4 Å². The van der Waals surface area contributed by atoms with Gasteiger partial charge in [-0.2, -0.15) is 5.10 Å². The summed E-state index contributed by atoms with van der Waals surface area (Å²) >= 11 is 1.66. The highest BCUT2D eigenvalue weighted by molar-refractivity contribution is 7.19. The van der Waals surface area contributed by atoms with Gasteiger partial charge in [-0.1, -0.05) is 30.3 Å². The van der Waals surface area contributed by atoms with Crippen molar-refractivity contribution in [2.45, 2.75) is 26.9 Å². The summed E-state index contributed by atoms with van der Waals surface area (Å²) in [5.41, 5.74) is 2.65. The van der Waals surface area contributed by atoms with E-state index in [1.807, 2.05) is 28.4 Å². The summed E-state index contributed by atoms with van der Waals surface area (Å²) in [5, 5.41) is 4.45. The van der Waals surface area contributed by atoms with E-state index in [1.165, 1.54) is 15.1 Å². The number of carbonyl (C=O) groups is 1. The van der Waals surface area contributed by atoms with Crippen LogP contribution in [0.2, 0.25) is 0 Å². The van der Waals surface area contributed by atoms with Crippen molar-refractivity contribution in [3.8, 4) is 0 Å². The van der Waals surface area contributed by atoms with Gasteiger partial charge in [-0.3, -0.25) is 18.9 Å². The van der Waals surface area contributed by atoms with Crippen molar-refractivity contribution in [3.05, 3.63) is 69.1 Å². The van der Waals surface area contributed by atoms with Crippen LogP contribution in [0.3, 0.4) is 0 Å². The molecule has 3 aromatic heterocycles. The molecule has 0 aliphatic carbocycles. The van der Waals surface area contributed by atoms with Crippen molar-refractivity contribution in [1.29, 1.82) is 0 Å². The average molecular weight is 436 g/mol. The summed E-state index contributed by atoms with van der Waals surface area (Å²) in [7, 11) is 0. The lowest BCUT2D eigenvalue weighted by atomic mass is 10.2. The topological polar surface area (TPSA) is 62.9 Å². The van der Waals surface area contributed by atoms with E-state index in [4.69, 9.17) is 0 Å². The minimum atomic E-state index is -0.220. The van der Waals surface area contributed by atoms with Gasteiger partial charge in [0.15, 0.2) is 0 Å². The van der Waals surface area contributed by atoms with Gasteiger partial charge in [-0.05, 0) is 31.5 Å². The van der Waals surface area contributed by atoms with Crippen molar-refractivity contribution in [2.24, 2.45) is 0 Å². The van der Waals surface area contributed by atoms with Crippen LogP contribution in [0.15, 0.2) is 47.3 Å². The zero-order valence-corrected chi connectivity index (χ0v) is 18.6. The number of amides is 1. The van der Waals surface area contributed by atoms with Gasteiger partial charge in [0.2, 0.25) is 5.91 Å². The van der Waals surface area contributed by atoms with Crippen LogP contribution in [0.1, 0.15) is 16.3 Å². The van der Waals surface area contributed by atoms with Crippen LogP contribution in [0.4, 0.5) is 0 Å². The molecule has 0 unspecified atom stereocenters. The molecule has 7 nitrogen and oxygen atoms in total. The van der Waals surface area contributed by atoms with Gasteiger partial charge in [0.25, 0.3) is 5.56 Å². The van der Waals surface area contributed by atoms with Gasteiger partial charge >= 0.3 is 0 Å². The first-order valence-corrected chi connectivity index (χ1v) is 11.3. The van der Waals surface area contributed by atoms with Crippen LogP contribution in [0.25, 0.3) is 15.7 Å². The lowest BCUT2D eigenvalue weighted by molar-refractivity contribution is -0.133. The van der Waals surface area contributed by atoms with E-state index in [1.54, 1.807) is 11.3 Å². The number of benzene rings is 1. The number of fused-ring (bicyclic) bond motifs is 3. The molecule has 0 spiro atoms. The maximum Gasteiger partial charge on any atom is 0.291 e. The van der Waals surface area contributed by atoms with E-state index in [-0.39, 0.29) is 18.0 Å². The van der Waals surface area contributed by atoms with E-state index in [9.17, 15) is 9.59 Å². The third-order valence-electron chi connectivity index (χ3n) is 5.91. The zero-order chi connectivity index (χ0) is 21.5.